The standard InChI is InChI=1S/C9H16O3/c1-7(10)6-12-9(11)8-4-2-3-5-8/h7-8,10H,2-6H2,1H3. The molecule has 1 N–H and O–H groups in total. The fourth-order valence-electron chi connectivity index (χ4n) is 1.48. The first kappa shape index (κ1) is 9.52. The van der Waals surface area contributed by atoms with E-state index in [1.54, 1.807) is 6.92 Å². The predicted molar refractivity (Wildman–Crippen MR) is 44.6 cm³/mol. The molecule has 0 aliphatic heterocycles. The quantitative estimate of drug-likeness (QED) is 0.648. The van der Waals surface area contributed by atoms with Crippen LogP contribution in [0.2, 0.25) is 0 Å². The second-order valence-electron chi connectivity index (χ2n) is 3.46. The number of ether oxygens (including phenoxy) is 1. The molecule has 1 saturated carbocycles. The summed E-state index contributed by atoms with van der Waals surface area (Å²) in [5.41, 5.74) is 0. The average molecular weight is 172 g/mol. The fraction of sp³-hybridized carbons (Fsp3) is 0.889. The molecule has 0 aromatic rings. The van der Waals surface area contributed by atoms with Gasteiger partial charge in [-0.25, -0.2) is 0 Å². The van der Waals surface area contributed by atoms with E-state index in [-0.39, 0.29) is 18.5 Å². The maximum absolute atomic E-state index is 11.2. The van der Waals surface area contributed by atoms with E-state index in [1.165, 1.54) is 0 Å². The molecule has 3 heteroatoms. The van der Waals surface area contributed by atoms with Crippen molar-refractivity contribution in [1.82, 2.24) is 0 Å². The molecule has 3 nitrogen and oxygen atoms in total. The van der Waals surface area contributed by atoms with Crippen molar-refractivity contribution in [1.29, 1.82) is 0 Å². The Hall–Kier alpha value is -0.570. The maximum Gasteiger partial charge on any atom is 0.309 e. The van der Waals surface area contributed by atoms with Gasteiger partial charge in [0.2, 0.25) is 0 Å². The van der Waals surface area contributed by atoms with Crippen LogP contribution in [0.5, 0.6) is 0 Å². The molecular formula is C9H16O3. The normalized spacial score (nSPS) is 20.8. The molecule has 1 rings (SSSR count). The minimum absolute atomic E-state index is 0.101. The Morgan fingerprint density at radius 1 is 1.58 bits per heavy atom. The predicted octanol–water partition coefficient (Wildman–Crippen LogP) is 1.10. The van der Waals surface area contributed by atoms with E-state index in [0.29, 0.717) is 0 Å². The van der Waals surface area contributed by atoms with Gasteiger partial charge in [0.1, 0.15) is 6.61 Å². The van der Waals surface area contributed by atoms with Crippen LogP contribution < -0.4 is 0 Å². The van der Waals surface area contributed by atoms with Gasteiger partial charge in [-0.2, -0.15) is 0 Å². The second kappa shape index (κ2) is 4.45. The molecule has 0 spiro atoms. The van der Waals surface area contributed by atoms with E-state index < -0.39 is 6.10 Å². The van der Waals surface area contributed by atoms with Crippen LogP contribution in [0.3, 0.4) is 0 Å². The SMILES string of the molecule is CC(O)COC(=O)C1CCCC1. The smallest absolute Gasteiger partial charge is 0.309 e. The third-order valence-corrected chi connectivity index (χ3v) is 2.16. The van der Waals surface area contributed by atoms with Gasteiger partial charge in [0.25, 0.3) is 0 Å². The lowest BCUT2D eigenvalue weighted by Crippen LogP contribution is -2.20. The van der Waals surface area contributed by atoms with Crippen LogP contribution in [0, 0.1) is 5.92 Å². The highest BCUT2D eigenvalue weighted by Gasteiger charge is 2.23. The molecule has 12 heavy (non-hydrogen) atoms. The Morgan fingerprint density at radius 2 is 2.17 bits per heavy atom. The van der Waals surface area contributed by atoms with E-state index >= 15 is 0 Å². The van der Waals surface area contributed by atoms with Crippen LogP contribution in [0.15, 0.2) is 0 Å². The summed E-state index contributed by atoms with van der Waals surface area (Å²) >= 11 is 0. The first-order valence-electron chi connectivity index (χ1n) is 4.55. The summed E-state index contributed by atoms with van der Waals surface area (Å²) in [4.78, 5) is 11.2. The Labute approximate surface area is 72.7 Å². The van der Waals surface area contributed by atoms with E-state index in [9.17, 15) is 4.79 Å². The molecule has 70 valence electrons. The molecule has 0 heterocycles. The van der Waals surface area contributed by atoms with Crippen molar-refractivity contribution >= 4 is 5.97 Å². The zero-order valence-corrected chi connectivity index (χ0v) is 7.45. The van der Waals surface area contributed by atoms with Crippen molar-refractivity contribution in [2.75, 3.05) is 6.61 Å². The number of aliphatic hydroxyl groups excluding tert-OH is 1. The van der Waals surface area contributed by atoms with Crippen LogP contribution in [0.4, 0.5) is 0 Å². The molecule has 1 fully saturated rings. The summed E-state index contributed by atoms with van der Waals surface area (Å²) in [5, 5.41) is 8.87. The minimum atomic E-state index is -0.546. The average Bonchev–Trinajstić information content (AvgIpc) is 2.51. The monoisotopic (exact) mass is 172 g/mol. The van der Waals surface area contributed by atoms with Crippen LogP contribution in [-0.4, -0.2) is 23.8 Å². The number of carbonyl (C=O) groups is 1. The Kier molecular flexibility index (Phi) is 3.53. The number of rotatable bonds is 3. The van der Waals surface area contributed by atoms with Gasteiger partial charge in [0.05, 0.1) is 12.0 Å². The molecule has 1 aliphatic carbocycles. The van der Waals surface area contributed by atoms with Crippen molar-refractivity contribution in [3.8, 4) is 0 Å². The molecule has 1 atom stereocenters. The van der Waals surface area contributed by atoms with Crippen molar-refractivity contribution in [3.05, 3.63) is 0 Å². The second-order valence-corrected chi connectivity index (χ2v) is 3.46. The highest BCUT2D eigenvalue weighted by Crippen LogP contribution is 2.25. The van der Waals surface area contributed by atoms with Gasteiger partial charge in [-0.1, -0.05) is 12.8 Å². The number of aliphatic hydroxyl groups is 1. The first-order valence-corrected chi connectivity index (χ1v) is 4.55. The lowest BCUT2D eigenvalue weighted by Gasteiger charge is -2.10. The van der Waals surface area contributed by atoms with Crippen molar-refractivity contribution in [3.63, 3.8) is 0 Å². The third-order valence-electron chi connectivity index (χ3n) is 2.16. The highest BCUT2D eigenvalue weighted by atomic mass is 16.5. The molecule has 0 aromatic carbocycles. The zero-order chi connectivity index (χ0) is 8.97. The molecule has 0 saturated heterocycles. The van der Waals surface area contributed by atoms with Crippen molar-refractivity contribution < 1.29 is 14.6 Å². The molecule has 0 bridgehead atoms. The molecule has 0 radical (unpaired) electrons. The number of esters is 1. The summed E-state index contributed by atoms with van der Waals surface area (Å²) in [6, 6.07) is 0. The topological polar surface area (TPSA) is 46.5 Å². The summed E-state index contributed by atoms with van der Waals surface area (Å²) in [7, 11) is 0. The number of hydrogen-bond acceptors (Lipinski definition) is 3. The number of hydrogen-bond donors (Lipinski definition) is 1. The summed E-state index contributed by atoms with van der Waals surface area (Å²) in [5.74, 6) is -0.0304. The van der Waals surface area contributed by atoms with Gasteiger partial charge >= 0.3 is 5.97 Å². The maximum atomic E-state index is 11.2. The first-order chi connectivity index (χ1) is 5.70. The lowest BCUT2D eigenvalue weighted by molar-refractivity contribution is -0.150. The highest BCUT2D eigenvalue weighted by molar-refractivity contribution is 5.72. The summed E-state index contributed by atoms with van der Waals surface area (Å²) in [6.07, 6.45) is 3.63. The van der Waals surface area contributed by atoms with Crippen molar-refractivity contribution in [2.45, 2.75) is 38.7 Å². The van der Waals surface area contributed by atoms with E-state index in [4.69, 9.17) is 9.84 Å². The van der Waals surface area contributed by atoms with Gasteiger partial charge in [-0.15, -0.1) is 0 Å². The fourth-order valence-corrected chi connectivity index (χ4v) is 1.48. The Bertz CT molecular complexity index is 148. The van der Waals surface area contributed by atoms with Crippen LogP contribution in [0.25, 0.3) is 0 Å². The van der Waals surface area contributed by atoms with Gasteiger partial charge in [0.15, 0.2) is 0 Å². The Balaban J connectivity index is 2.18. The lowest BCUT2D eigenvalue weighted by atomic mass is 10.1. The summed E-state index contributed by atoms with van der Waals surface area (Å²) in [6.45, 7) is 1.75. The molecule has 0 aromatic heterocycles. The van der Waals surface area contributed by atoms with Crippen LogP contribution in [-0.2, 0) is 9.53 Å². The van der Waals surface area contributed by atoms with Crippen LogP contribution in [0.1, 0.15) is 32.6 Å². The van der Waals surface area contributed by atoms with E-state index in [0.717, 1.165) is 25.7 Å². The van der Waals surface area contributed by atoms with Crippen molar-refractivity contribution in [2.24, 2.45) is 5.92 Å². The van der Waals surface area contributed by atoms with Gasteiger partial charge in [0, 0.05) is 0 Å². The molecule has 0 amide bonds. The van der Waals surface area contributed by atoms with Gasteiger partial charge in [-0.3, -0.25) is 4.79 Å². The third kappa shape index (κ3) is 2.81. The van der Waals surface area contributed by atoms with E-state index in [1.807, 2.05) is 0 Å². The van der Waals surface area contributed by atoms with Gasteiger partial charge in [-0.05, 0) is 19.8 Å². The molecule has 1 unspecified atom stereocenters. The van der Waals surface area contributed by atoms with Crippen LogP contribution >= 0.6 is 0 Å². The minimum Gasteiger partial charge on any atom is -0.463 e. The molecular weight excluding hydrogens is 156 g/mol. The zero-order valence-electron chi connectivity index (χ0n) is 7.45. The summed E-state index contributed by atoms with van der Waals surface area (Å²) < 4.78 is 4.90. The Morgan fingerprint density at radius 3 is 2.67 bits per heavy atom. The molecule has 1 aliphatic rings. The largest absolute Gasteiger partial charge is 0.463 e. The van der Waals surface area contributed by atoms with E-state index in [2.05, 4.69) is 0 Å². The number of carbonyl (C=O) groups excluding carboxylic acids is 1. The van der Waals surface area contributed by atoms with Gasteiger partial charge < -0.3 is 9.84 Å².